The van der Waals surface area contributed by atoms with Crippen molar-refractivity contribution in [1.29, 1.82) is 0 Å². The van der Waals surface area contributed by atoms with Gasteiger partial charge >= 0.3 is 12.2 Å². The fraction of sp³-hybridized carbons (Fsp3) is 0.556. The Morgan fingerprint density at radius 1 is 1.19 bits per heavy atom. The van der Waals surface area contributed by atoms with E-state index < -0.39 is 24.7 Å². The number of carbonyl (C=O) groups is 2. The van der Waals surface area contributed by atoms with Crippen LogP contribution in [-0.2, 0) is 4.79 Å². The molecule has 0 saturated carbocycles. The number of hydrogen-bond acceptors (Lipinski definition) is 2. The maximum Gasteiger partial charge on any atom is 0.406 e. The predicted molar refractivity (Wildman–Crippen MR) is 89.4 cm³/mol. The van der Waals surface area contributed by atoms with Crippen molar-refractivity contribution in [1.82, 2.24) is 15.1 Å². The molecule has 2 unspecified atom stereocenters. The van der Waals surface area contributed by atoms with Crippen LogP contribution in [0.3, 0.4) is 0 Å². The average molecular weight is 369 g/mol. The molecule has 3 rings (SSSR count). The molecule has 2 atom stereocenters. The maximum atomic E-state index is 12.6. The quantitative estimate of drug-likeness (QED) is 0.891. The van der Waals surface area contributed by atoms with Crippen LogP contribution in [0.25, 0.3) is 0 Å². The van der Waals surface area contributed by atoms with Crippen LogP contribution < -0.4 is 5.32 Å². The molecule has 2 aliphatic rings. The minimum atomic E-state index is -4.43. The van der Waals surface area contributed by atoms with Crippen LogP contribution in [0, 0.1) is 6.92 Å². The van der Waals surface area contributed by atoms with Gasteiger partial charge in [0.2, 0.25) is 5.91 Å². The van der Waals surface area contributed by atoms with Crippen molar-refractivity contribution in [3.63, 3.8) is 0 Å². The van der Waals surface area contributed by atoms with Crippen molar-refractivity contribution in [2.24, 2.45) is 0 Å². The number of nitrogens with zero attached hydrogens (tertiary/aromatic N) is 2. The fourth-order valence-corrected chi connectivity index (χ4v) is 3.62. The van der Waals surface area contributed by atoms with Gasteiger partial charge in [-0.25, -0.2) is 4.79 Å². The number of benzene rings is 1. The smallest absolute Gasteiger partial charge is 0.332 e. The Hall–Kier alpha value is -2.25. The third-order valence-corrected chi connectivity index (χ3v) is 4.94. The molecule has 5 nitrogen and oxygen atoms in total. The third kappa shape index (κ3) is 4.11. The molecule has 0 bridgehead atoms. The first-order valence-corrected chi connectivity index (χ1v) is 8.74. The van der Waals surface area contributed by atoms with Crippen LogP contribution in [0.15, 0.2) is 24.3 Å². The minimum Gasteiger partial charge on any atom is -0.332 e. The monoisotopic (exact) mass is 369 g/mol. The highest BCUT2D eigenvalue weighted by Gasteiger charge is 2.41. The Balaban J connectivity index is 1.62. The van der Waals surface area contributed by atoms with E-state index in [9.17, 15) is 22.8 Å². The summed E-state index contributed by atoms with van der Waals surface area (Å²) in [5, 5.41) is 2.63. The summed E-state index contributed by atoms with van der Waals surface area (Å²) in [6, 6.07) is 6.59. The second kappa shape index (κ2) is 7.17. The van der Waals surface area contributed by atoms with Gasteiger partial charge in [-0.05, 0) is 31.7 Å². The van der Waals surface area contributed by atoms with Crippen LogP contribution >= 0.6 is 0 Å². The molecule has 8 heteroatoms. The maximum absolute atomic E-state index is 12.6. The summed E-state index contributed by atoms with van der Waals surface area (Å²) in [5.74, 6) is -0.665. The zero-order valence-electron chi connectivity index (χ0n) is 14.6. The van der Waals surface area contributed by atoms with E-state index in [0.717, 1.165) is 28.9 Å². The third-order valence-electron chi connectivity index (χ3n) is 4.94. The zero-order chi connectivity index (χ0) is 18.9. The number of nitrogens with one attached hydrogen (secondary N) is 1. The predicted octanol–water partition coefficient (Wildman–Crippen LogP) is 3.00. The summed E-state index contributed by atoms with van der Waals surface area (Å²) in [6.07, 6.45) is -2.55. The second-order valence-corrected chi connectivity index (χ2v) is 6.93. The van der Waals surface area contributed by atoms with Gasteiger partial charge in [-0.3, -0.25) is 4.79 Å². The lowest BCUT2D eigenvalue weighted by molar-refractivity contribution is -0.157. The molecule has 0 radical (unpaired) electrons. The molecule has 3 amide bonds. The summed E-state index contributed by atoms with van der Waals surface area (Å²) in [7, 11) is 0. The van der Waals surface area contributed by atoms with Gasteiger partial charge in [0.15, 0.2) is 0 Å². The van der Waals surface area contributed by atoms with Gasteiger partial charge in [0.1, 0.15) is 12.6 Å². The Kier molecular flexibility index (Phi) is 5.11. The zero-order valence-corrected chi connectivity index (χ0v) is 14.6. The molecule has 0 aromatic heterocycles. The van der Waals surface area contributed by atoms with Crippen molar-refractivity contribution < 1.29 is 22.8 Å². The summed E-state index contributed by atoms with van der Waals surface area (Å²) >= 11 is 0. The number of halogens is 3. The van der Waals surface area contributed by atoms with Gasteiger partial charge in [0.25, 0.3) is 0 Å². The first kappa shape index (κ1) is 18.5. The number of hydrogen-bond donors (Lipinski definition) is 1. The summed E-state index contributed by atoms with van der Waals surface area (Å²) < 4.78 is 37.5. The van der Waals surface area contributed by atoms with Crippen LogP contribution in [0.4, 0.5) is 18.0 Å². The van der Waals surface area contributed by atoms with Crippen molar-refractivity contribution in [2.45, 2.75) is 44.4 Å². The lowest BCUT2D eigenvalue weighted by atomic mass is 10.0. The van der Waals surface area contributed by atoms with E-state index in [1.807, 2.05) is 31.2 Å². The number of carbonyl (C=O) groups excluding carboxylic acids is 2. The van der Waals surface area contributed by atoms with Crippen molar-refractivity contribution in [3.05, 3.63) is 35.4 Å². The van der Waals surface area contributed by atoms with E-state index in [-0.39, 0.29) is 25.0 Å². The van der Waals surface area contributed by atoms with E-state index in [0.29, 0.717) is 6.54 Å². The second-order valence-electron chi connectivity index (χ2n) is 6.93. The lowest BCUT2D eigenvalue weighted by Crippen LogP contribution is -2.48. The van der Waals surface area contributed by atoms with Crippen LogP contribution in [0.5, 0.6) is 0 Å². The van der Waals surface area contributed by atoms with E-state index in [1.54, 1.807) is 4.90 Å². The molecular formula is C18H22F3N3O2. The molecule has 1 N–H and O–H groups in total. The Labute approximate surface area is 150 Å². The first-order chi connectivity index (χ1) is 12.2. The highest BCUT2D eigenvalue weighted by Crippen LogP contribution is 2.32. The highest BCUT2D eigenvalue weighted by atomic mass is 19.4. The normalized spacial score (nSPS) is 23.6. The lowest BCUT2D eigenvalue weighted by Gasteiger charge is -2.27. The van der Waals surface area contributed by atoms with Crippen molar-refractivity contribution in [2.75, 3.05) is 19.6 Å². The van der Waals surface area contributed by atoms with Crippen molar-refractivity contribution >= 4 is 11.9 Å². The van der Waals surface area contributed by atoms with Crippen LogP contribution in [-0.4, -0.2) is 53.6 Å². The van der Waals surface area contributed by atoms with Gasteiger partial charge in [-0.2, -0.15) is 13.2 Å². The van der Waals surface area contributed by atoms with Gasteiger partial charge in [-0.15, -0.1) is 0 Å². The summed E-state index contributed by atoms with van der Waals surface area (Å²) in [4.78, 5) is 27.2. The number of aryl methyl sites for hydroxylation is 1. The largest absolute Gasteiger partial charge is 0.406 e. The molecule has 2 heterocycles. The number of alkyl halides is 3. The molecule has 2 saturated heterocycles. The number of urea groups is 1. The molecule has 2 aliphatic heterocycles. The molecule has 1 aromatic rings. The minimum absolute atomic E-state index is 0.00464. The Morgan fingerprint density at radius 3 is 2.54 bits per heavy atom. The Bertz CT molecular complexity index is 675. The molecule has 26 heavy (non-hydrogen) atoms. The topological polar surface area (TPSA) is 52.7 Å². The fourth-order valence-electron chi connectivity index (χ4n) is 3.62. The van der Waals surface area contributed by atoms with E-state index in [2.05, 4.69) is 5.32 Å². The van der Waals surface area contributed by atoms with Gasteiger partial charge < -0.3 is 15.1 Å². The number of amides is 3. The average Bonchev–Trinajstić information content (AvgIpc) is 3.17. The van der Waals surface area contributed by atoms with E-state index >= 15 is 0 Å². The van der Waals surface area contributed by atoms with E-state index in [1.165, 1.54) is 0 Å². The number of rotatable bonds is 3. The standard InChI is InChI=1S/C18H22F3N3O2/c1-12-4-6-13(7-5-12)15-3-2-9-24(15)17(26)22-14-8-10-23(16(14)25)11-18(19,20)21/h4-7,14-15H,2-3,8-11H2,1H3,(H,22,26). The molecule has 142 valence electrons. The van der Waals surface area contributed by atoms with Gasteiger partial charge in [0, 0.05) is 13.1 Å². The van der Waals surface area contributed by atoms with Crippen molar-refractivity contribution in [3.8, 4) is 0 Å². The SMILES string of the molecule is Cc1ccc(C2CCCN2C(=O)NC2CCN(CC(F)(F)F)C2=O)cc1. The highest BCUT2D eigenvalue weighted by molar-refractivity contribution is 5.88. The molecular weight excluding hydrogens is 347 g/mol. The molecule has 2 fully saturated rings. The van der Waals surface area contributed by atoms with Gasteiger partial charge in [0.05, 0.1) is 6.04 Å². The molecule has 1 aromatic carbocycles. The van der Waals surface area contributed by atoms with Crippen LogP contribution in [0.1, 0.15) is 36.4 Å². The summed E-state index contributed by atoms with van der Waals surface area (Å²) in [5.41, 5.74) is 2.16. The Morgan fingerprint density at radius 2 is 1.88 bits per heavy atom. The summed E-state index contributed by atoms with van der Waals surface area (Å²) in [6.45, 7) is 1.29. The van der Waals surface area contributed by atoms with E-state index in [4.69, 9.17) is 0 Å². The molecule has 0 spiro atoms. The first-order valence-electron chi connectivity index (χ1n) is 8.74. The van der Waals surface area contributed by atoms with Gasteiger partial charge in [-0.1, -0.05) is 29.8 Å². The molecule has 0 aliphatic carbocycles. The number of likely N-dealkylation sites (tertiary alicyclic amines) is 2. The van der Waals surface area contributed by atoms with Crippen LogP contribution in [0.2, 0.25) is 0 Å².